The lowest BCUT2D eigenvalue weighted by Crippen LogP contribution is -2.02. The second-order valence-corrected chi connectivity index (χ2v) is 1.23. The highest BCUT2D eigenvalue weighted by molar-refractivity contribution is 4.96. The second kappa shape index (κ2) is 1.92. The first kappa shape index (κ1) is 4.57. The Labute approximate surface area is 41.9 Å². The van der Waals surface area contributed by atoms with E-state index in [2.05, 4.69) is 5.32 Å². The molecule has 1 aliphatic rings. The maximum absolute atomic E-state index is 8.12. The van der Waals surface area contributed by atoms with E-state index in [0.29, 0.717) is 6.73 Å². The Kier molecular flexibility index (Phi) is 1.25. The molecule has 1 aliphatic heterocycles. The standard InChI is InChI=1S/C4H5N2O/c5-1-4-2-6-3-7-4/h2,4,6H,3H2. The molecular weight excluding hydrogens is 92.1 g/mol. The van der Waals surface area contributed by atoms with Gasteiger partial charge in [-0.3, -0.25) is 5.32 Å². The maximum atomic E-state index is 8.12. The fourth-order valence-electron chi connectivity index (χ4n) is 0.416. The van der Waals surface area contributed by atoms with Gasteiger partial charge in [0.25, 0.3) is 0 Å². The van der Waals surface area contributed by atoms with Crippen LogP contribution >= 0.6 is 0 Å². The van der Waals surface area contributed by atoms with Crippen molar-refractivity contribution in [2.45, 2.75) is 6.10 Å². The van der Waals surface area contributed by atoms with Crippen LogP contribution in [-0.2, 0) is 4.74 Å². The van der Waals surface area contributed by atoms with Crippen LogP contribution in [0, 0.1) is 17.9 Å². The van der Waals surface area contributed by atoms with E-state index in [1.165, 1.54) is 0 Å². The minimum Gasteiger partial charge on any atom is -0.346 e. The Morgan fingerprint density at radius 3 is 3.14 bits per heavy atom. The van der Waals surface area contributed by atoms with Crippen LogP contribution in [0.2, 0.25) is 0 Å². The quantitative estimate of drug-likeness (QED) is 0.448. The predicted molar refractivity (Wildman–Crippen MR) is 22.8 cm³/mol. The molecule has 1 heterocycles. The van der Waals surface area contributed by atoms with Crippen molar-refractivity contribution in [2.75, 3.05) is 6.73 Å². The van der Waals surface area contributed by atoms with Crippen molar-refractivity contribution in [1.82, 2.24) is 5.32 Å². The minimum atomic E-state index is -0.333. The summed E-state index contributed by atoms with van der Waals surface area (Å²) in [6.07, 6.45) is -0.333. The van der Waals surface area contributed by atoms with Crippen LogP contribution in [0.4, 0.5) is 0 Å². The van der Waals surface area contributed by atoms with E-state index < -0.39 is 0 Å². The lowest BCUT2D eigenvalue weighted by Gasteiger charge is -1.88. The summed E-state index contributed by atoms with van der Waals surface area (Å²) in [6.45, 7) is 2.10. The molecule has 0 aliphatic carbocycles. The van der Waals surface area contributed by atoms with Gasteiger partial charge in [0.1, 0.15) is 0 Å². The fourth-order valence-corrected chi connectivity index (χ4v) is 0.416. The molecule has 0 spiro atoms. The molecule has 1 rings (SSSR count). The Bertz CT molecular complexity index is 90.4. The van der Waals surface area contributed by atoms with Gasteiger partial charge in [0.2, 0.25) is 0 Å². The molecule has 0 aromatic rings. The van der Waals surface area contributed by atoms with Crippen LogP contribution in [-0.4, -0.2) is 12.8 Å². The van der Waals surface area contributed by atoms with Crippen molar-refractivity contribution in [2.24, 2.45) is 0 Å². The van der Waals surface area contributed by atoms with E-state index >= 15 is 0 Å². The number of nitriles is 1. The number of rotatable bonds is 0. The van der Waals surface area contributed by atoms with E-state index in [-0.39, 0.29) is 6.10 Å². The number of ether oxygens (including phenoxy) is 1. The third kappa shape index (κ3) is 0.889. The van der Waals surface area contributed by atoms with Crippen LogP contribution in [0.25, 0.3) is 0 Å². The van der Waals surface area contributed by atoms with E-state index in [0.717, 1.165) is 0 Å². The van der Waals surface area contributed by atoms with E-state index in [9.17, 15) is 0 Å². The summed E-state index contributed by atoms with van der Waals surface area (Å²) < 4.78 is 4.77. The average molecular weight is 97.1 g/mol. The van der Waals surface area contributed by atoms with Crippen LogP contribution < -0.4 is 5.32 Å². The highest BCUT2D eigenvalue weighted by Gasteiger charge is 2.12. The molecule has 0 bridgehead atoms. The van der Waals surface area contributed by atoms with Crippen LogP contribution in [0.15, 0.2) is 0 Å². The molecule has 0 aromatic heterocycles. The molecule has 1 atom stereocenters. The Morgan fingerprint density at radius 1 is 2.00 bits per heavy atom. The Morgan fingerprint density at radius 2 is 2.86 bits per heavy atom. The van der Waals surface area contributed by atoms with Gasteiger partial charge in [-0.2, -0.15) is 5.26 Å². The predicted octanol–water partition coefficient (Wildman–Crippen LogP) is -0.382. The molecular formula is C4H5N2O. The second-order valence-electron chi connectivity index (χ2n) is 1.23. The Balaban J connectivity index is 2.31. The van der Waals surface area contributed by atoms with Gasteiger partial charge in [0.05, 0.1) is 19.3 Å². The zero-order chi connectivity index (χ0) is 5.11. The molecule has 37 valence electrons. The number of nitrogens with one attached hydrogen (secondary N) is 1. The lowest BCUT2D eigenvalue weighted by atomic mass is 10.4. The molecule has 1 radical (unpaired) electrons. The summed E-state index contributed by atoms with van der Waals surface area (Å²) in [4.78, 5) is 0. The summed E-state index contributed by atoms with van der Waals surface area (Å²) in [5.74, 6) is 0. The van der Waals surface area contributed by atoms with Gasteiger partial charge in [-0.05, 0) is 0 Å². The third-order valence-corrected chi connectivity index (χ3v) is 0.743. The van der Waals surface area contributed by atoms with Crippen molar-refractivity contribution in [3.05, 3.63) is 6.54 Å². The summed E-state index contributed by atoms with van der Waals surface area (Å²) in [5.41, 5.74) is 0. The summed E-state index contributed by atoms with van der Waals surface area (Å²) in [6, 6.07) is 1.92. The van der Waals surface area contributed by atoms with Gasteiger partial charge in [0.15, 0.2) is 6.10 Å². The molecule has 7 heavy (non-hydrogen) atoms. The molecule has 1 N–H and O–H groups in total. The fraction of sp³-hybridized carbons (Fsp3) is 0.500. The molecule has 1 unspecified atom stereocenters. The summed E-state index contributed by atoms with van der Waals surface area (Å²) >= 11 is 0. The monoisotopic (exact) mass is 97.0 g/mol. The minimum absolute atomic E-state index is 0.333. The first-order valence-corrected chi connectivity index (χ1v) is 2.01. The van der Waals surface area contributed by atoms with Crippen molar-refractivity contribution < 1.29 is 4.74 Å². The normalized spacial score (nSPS) is 29.9. The molecule has 3 nitrogen and oxygen atoms in total. The van der Waals surface area contributed by atoms with Gasteiger partial charge in [0, 0.05) is 0 Å². The van der Waals surface area contributed by atoms with Crippen LogP contribution in [0.3, 0.4) is 0 Å². The molecule has 0 saturated carbocycles. The van der Waals surface area contributed by atoms with Crippen molar-refractivity contribution in [3.63, 3.8) is 0 Å². The molecule has 3 heteroatoms. The zero-order valence-corrected chi connectivity index (χ0v) is 3.72. The first-order chi connectivity index (χ1) is 3.43. The number of nitrogens with zero attached hydrogens (tertiary/aromatic N) is 1. The molecule has 1 fully saturated rings. The van der Waals surface area contributed by atoms with Gasteiger partial charge < -0.3 is 4.74 Å². The highest BCUT2D eigenvalue weighted by atomic mass is 16.5. The lowest BCUT2D eigenvalue weighted by molar-refractivity contribution is 0.154. The van der Waals surface area contributed by atoms with E-state index in [1.807, 2.05) is 6.07 Å². The molecule has 0 amide bonds. The van der Waals surface area contributed by atoms with Gasteiger partial charge >= 0.3 is 0 Å². The topological polar surface area (TPSA) is 45.0 Å². The van der Waals surface area contributed by atoms with E-state index in [1.54, 1.807) is 6.54 Å². The highest BCUT2D eigenvalue weighted by Crippen LogP contribution is 1.97. The molecule has 1 saturated heterocycles. The van der Waals surface area contributed by atoms with E-state index in [4.69, 9.17) is 10.00 Å². The third-order valence-electron chi connectivity index (χ3n) is 0.743. The summed E-state index contributed by atoms with van der Waals surface area (Å²) in [5, 5.41) is 10.9. The maximum Gasteiger partial charge on any atom is 0.162 e. The van der Waals surface area contributed by atoms with Crippen LogP contribution in [0.1, 0.15) is 0 Å². The molecule has 0 aromatic carbocycles. The summed E-state index contributed by atoms with van der Waals surface area (Å²) in [7, 11) is 0. The first-order valence-electron chi connectivity index (χ1n) is 2.01. The zero-order valence-electron chi connectivity index (χ0n) is 3.72. The largest absolute Gasteiger partial charge is 0.346 e. The Hall–Kier alpha value is -0.590. The van der Waals surface area contributed by atoms with Crippen molar-refractivity contribution >= 4 is 0 Å². The van der Waals surface area contributed by atoms with Crippen molar-refractivity contribution in [1.29, 1.82) is 5.26 Å². The van der Waals surface area contributed by atoms with Gasteiger partial charge in [-0.15, -0.1) is 0 Å². The van der Waals surface area contributed by atoms with Crippen LogP contribution in [0.5, 0.6) is 0 Å². The SMILES string of the molecule is N#CC1[CH]NCO1. The van der Waals surface area contributed by atoms with Gasteiger partial charge in [-0.25, -0.2) is 0 Å². The van der Waals surface area contributed by atoms with Crippen molar-refractivity contribution in [3.8, 4) is 6.07 Å². The number of hydrogen-bond donors (Lipinski definition) is 1. The smallest absolute Gasteiger partial charge is 0.162 e. The average Bonchev–Trinajstić information content (AvgIpc) is 2.14. The number of hydrogen-bond acceptors (Lipinski definition) is 3. The van der Waals surface area contributed by atoms with Gasteiger partial charge in [-0.1, -0.05) is 0 Å².